The van der Waals surface area contributed by atoms with E-state index in [1.165, 1.54) is 0 Å². The smallest absolute Gasteiger partial charge is 0.239 e. The molecule has 0 aliphatic heterocycles. The molecular formula is C15H18IN3O. The molecule has 0 saturated carbocycles. The Kier molecular flexibility index (Phi) is 4.37. The number of hydrogen-bond donors (Lipinski definition) is 2. The van der Waals surface area contributed by atoms with Crippen LogP contribution < -0.4 is 15.8 Å². The molecule has 0 aliphatic carbocycles. The van der Waals surface area contributed by atoms with Crippen LogP contribution in [0.5, 0.6) is 5.88 Å². The highest BCUT2D eigenvalue weighted by molar-refractivity contribution is 14.1. The van der Waals surface area contributed by atoms with E-state index < -0.39 is 0 Å². The summed E-state index contributed by atoms with van der Waals surface area (Å²) in [5, 5.41) is 3.27. The summed E-state index contributed by atoms with van der Waals surface area (Å²) in [7, 11) is 0. The van der Waals surface area contributed by atoms with Crippen molar-refractivity contribution >= 4 is 39.8 Å². The second-order valence-electron chi connectivity index (χ2n) is 5.41. The summed E-state index contributed by atoms with van der Waals surface area (Å²) in [4.78, 5) is 4.43. The second kappa shape index (κ2) is 5.87. The molecule has 1 aromatic carbocycles. The Hall–Kier alpha value is -1.50. The zero-order valence-electron chi connectivity index (χ0n) is 11.8. The molecular weight excluding hydrogens is 365 g/mol. The zero-order valence-corrected chi connectivity index (χ0v) is 13.9. The van der Waals surface area contributed by atoms with E-state index in [0.29, 0.717) is 17.4 Å². The van der Waals surface area contributed by atoms with Gasteiger partial charge in [0.25, 0.3) is 0 Å². The van der Waals surface area contributed by atoms with Crippen LogP contribution in [0.25, 0.3) is 0 Å². The molecule has 0 radical (unpaired) electrons. The van der Waals surface area contributed by atoms with Crippen LogP contribution in [0.1, 0.15) is 20.8 Å². The maximum atomic E-state index is 5.90. The summed E-state index contributed by atoms with van der Waals surface area (Å²) < 4.78 is 6.89. The maximum Gasteiger partial charge on any atom is 0.239 e. The van der Waals surface area contributed by atoms with Gasteiger partial charge in [0, 0.05) is 3.57 Å². The Morgan fingerprint density at radius 3 is 2.50 bits per heavy atom. The number of nitrogens with two attached hydrogens (primary N) is 1. The van der Waals surface area contributed by atoms with Crippen molar-refractivity contribution in [3.05, 3.63) is 40.0 Å². The number of nitrogen functional groups attached to an aromatic ring is 1. The molecule has 5 heteroatoms. The van der Waals surface area contributed by atoms with Crippen LogP contribution in [0, 0.1) is 3.57 Å². The van der Waals surface area contributed by atoms with Gasteiger partial charge in [-0.25, -0.2) is 0 Å². The summed E-state index contributed by atoms with van der Waals surface area (Å²) in [6.45, 7) is 5.90. The van der Waals surface area contributed by atoms with Crippen molar-refractivity contribution < 1.29 is 4.74 Å². The van der Waals surface area contributed by atoms with Crippen molar-refractivity contribution in [3.8, 4) is 5.88 Å². The summed E-state index contributed by atoms with van der Waals surface area (Å²) in [6.07, 6.45) is 0. The monoisotopic (exact) mass is 383 g/mol. The van der Waals surface area contributed by atoms with Crippen molar-refractivity contribution in [2.75, 3.05) is 11.1 Å². The number of aromatic nitrogens is 1. The number of halogens is 1. The molecule has 4 nitrogen and oxygen atoms in total. The van der Waals surface area contributed by atoms with Gasteiger partial charge < -0.3 is 15.8 Å². The lowest BCUT2D eigenvalue weighted by Gasteiger charge is -2.21. The third-order valence-corrected chi connectivity index (χ3v) is 3.37. The molecule has 0 saturated heterocycles. The first-order chi connectivity index (χ1) is 9.35. The highest BCUT2D eigenvalue weighted by Gasteiger charge is 2.15. The zero-order chi connectivity index (χ0) is 14.8. The number of benzene rings is 1. The van der Waals surface area contributed by atoms with E-state index in [0.717, 1.165) is 9.26 Å². The predicted molar refractivity (Wildman–Crippen MR) is 91.5 cm³/mol. The molecule has 1 heterocycles. The highest BCUT2D eigenvalue weighted by atomic mass is 127. The van der Waals surface area contributed by atoms with E-state index in [2.05, 4.69) is 32.9 Å². The first-order valence-corrected chi connectivity index (χ1v) is 7.40. The van der Waals surface area contributed by atoms with E-state index >= 15 is 0 Å². The molecule has 0 atom stereocenters. The number of hydrogen-bond acceptors (Lipinski definition) is 4. The van der Waals surface area contributed by atoms with Gasteiger partial charge in [-0.3, -0.25) is 0 Å². The third kappa shape index (κ3) is 4.00. The topological polar surface area (TPSA) is 60.2 Å². The Bertz CT molecular complexity index is 608. The minimum atomic E-state index is -0.332. The largest absolute Gasteiger partial charge is 0.470 e. The Morgan fingerprint density at radius 1 is 1.15 bits per heavy atom. The van der Waals surface area contributed by atoms with E-state index in [9.17, 15) is 0 Å². The molecule has 0 unspecified atom stereocenters. The first kappa shape index (κ1) is 14.9. The van der Waals surface area contributed by atoms with Crippen LogP contribution in [0.4, 0.5) is 17.2 Å². The molecule has 106 valence electrons. The van der Waals surface area contributed by atoms with Crippen LogP contribution in [0.2, 0.25) is 0 Å². The van der Waals surface area contributed by atoms with Gasteiger partial charge in [0.05, 0.1) is 11.4 Å². The standard InChI is InChI=1S/C15H18IN3O/c1-15(2,3)20-14-11(17)8-9-13(19-14)18-12-7-5-4-6-10(12)16/h4-9H,17H2,1-3H3,(H,18,19). The van der Waals surface area contributed by atoms with E-state index in [1.807, 2.05) is 51.1 Å². The summed E-state index contributed by atoms with van der Waals surface area (Å²) >= 11 is 2.28. The van der Waals surface area contributed by atoms with Crippen LogP contribution >= 0.6 is 22.6 Å². The van der Waals surface area contributed by atoms with Crippen molar-refractivity contribution in [2.24, 2.45) is 0 Å². The normalized spacial score (nSPS) is 11.2. The van der Waals surface area contributed by atoms with Crippen molar-refractivity contribution in [1.29, 1.82) is 0 Å². The molecule has 0 spiro atoms. The van der Waals surface area contributed by atoms with Crippen molar-refractivity contribution in [1.82, 2.24) is 4.98 Å². The van der Waals surface area contributed by atoms with Gasteiger partial charge in [-0.15, -0.1) is 0 Å². The van der Waals surface area contributed by atoms with Crippen LogP contribution in [-0.2, 0) is 0 Å². The average molecular weight is 383 g/mol. The molecule has 20 heavy (non-hydrogen) atoms. The van der Waals surface area contributed by atoms with Gasteiger partial charge in [0.15, 0.2) is 0 Å². The fourth-order valence-electron chi connectivity index (χ4n) is 1.59. The van der Waals surface area contributed by atoms with Crippen LogP contribution in [-0.4, -0.2) is 10.6 Å². The Morgan fingerprint density at radius 2 is 1.85 bits per heavy atom. The van der Waals surface area contributed by atoms with Gasteiger partial charge in [-0.1, -0.05) is 12.1 Å². The highest BCUT2D eigenvalue weighted by Crippen LogP contribution is 2.27. The second-order valence-corrected chi connectivity index (χ2v) is 6.57. The minimum absolute atomic E-state index is 0.332. The van der Waals surface area contributed by atoms with Gasteiger partial charge in [-0.2, -0.15) is 4.98 Å². The Balaban J connectivity index is 2.26. The van der Waals surface area contributed by atoms with Gasteiger partial charge >= 0.3 is 0 Å². The number of ether oxygens (including phenoxy) is 1. The van der Waals surface area contributed by atoms with Crippen LogP contribution in [0.15, 0.2) is 36.4 Å². The molecule has 0 fully saturated rings. The number of anilines is 3. The van der Waals surface area contributed by atoms with Crippen molar-refractivity contribution in [2.45, 2.75) is 26.4 Å². The van der Waals surface area contributed by atoms with Gasteiger partial charge in [-0.05, 0) is 67.6 Å². The number of pyridine rings is 1. The fourth-order valence-corrected chi connectivity index (χ4v) is 2.12. The number of rotatable bonds is 3. The molecule has 2 aromatic rings. The Labute approximate surface area is 132 Å². The average Bonchev–Trinajstić information content (AvgIpc) is 2.34. The lowest BCUT2D eigenvalue weighted by Crippen LogP contribution is -2.24. The summed E-state index contributed by atoms with van der Waals surface area (Å²) in [5.74, 6) is 1.16. The van der Waals surface area contributed by atoms with Gasteiger partial charge in [0.2, 0.25) is 5.88 Å². The van der Waals surface area contributed by atoms with E-state index in [4.69, 9.17) is 10.5 Å². The van der Waals surface area contributed by atoms with Crippen LogP contribution in [0.3, 0.4) is 0 Å². The molecule has 2 rings (SSSR count). The molecule has 0 amide bonds. The van der Waals surface area contributed by atoms with Crippen molar-refractivity contribution in [3.63, 3.8) is 0 Å². The van der Waals surface area contributed by atoms with Gasteiger partial charge in [0.1, 0.15) is 11.4 Å². The molecule has 0 bridgehead atoms. The number of nitrogens with zero attached hydrogens (tertiary/aromatic N) is 1. The number of para-hydroxylation sites is 1. The maximum absolute atomic E-state index is 5.90. The summed E-state index contributed by atoms with van der Waals surface area (Å²) in [5.41, 5.74) is 7.11. The van der Waals surface area contributed by atoms with E-state index in [1.54, 1.807) is 6.07 Å². The lowest BCUT2D eigenvalue weighted by molar-refractivity contribution is 0.125. The SMILES string of the molecule is CC(C)(C)Oc1nc(Nc2ccccc2I)ccc1N. The third-order valence-electron chi connectivity index (χ3n) is 2.43. The molecule has 3 N–H and O–H groups in total. The molecule has 0 aliphatic rings. The molecule has 1 aromatic heterocycles. The first-order valence-electron chi connectivity index (χ1n) is 6.32. The quantitative estimate of drug-likeness (QED) is 0.781. The predicted octanol–water partition coefficient (Wildman–Crippen LogP) is 4.19. The number of nitrogens with one attached hydrogen (secondary N) is 1. The fraction of sp³-hybridized carbons (Fsp3) is 0.267. The van der Waals surface area contributed by atoms with E-state index in [-0.39, 0.29) is 5.60 Å². The summed E-state index contributed by atoms with van der Waals surface area (Å²) in [6, 6.07) is 11.7. The lowest BCUT2D eigenvalue weighted by atomic mass is 10.2. The minimum Gasteiger partial charge on any atom is -0.470 e.